The summed E-state index contributed by atoms with van der Waals surface area (Å²) in [4.78, 5) is 60.1. The van der Waals surface area contributed by atoms with E-state index in [9.17, 15) is 24.4 Å². The van der Waals surface area contributed by atoms with Gasteiger partial charge >= 0.3 is 5.69 Å². The third-order valence-electron chi connectivity index (χ3n) is 13.5. The molecule has 14 heteroatoms. The number of hydrogen-bond acceptors (Lipinski definition) is 9. The van der Waals surface area contributed by atoms with Gasteiger partial charge in [-0.1, -0.05) is 0 Å². The topological polar surface area (TPSA) is 132 Å². The minimum atomic E-state index is -0.862. The molecular weight excluding hydrogens is 750 g/mol. The molecule has 3 saturated heterocycles. The molecule has 6 heterocycles. The number of nitriles is 1. The SMILES string of the molecule is Cc1cc2c(N3CCN(C)c4ccc(C#N)cc43)cc(C3CCN(CC4CCN(c5cc6c(cc5F)n(C5CCC(=O)NC5=O)c(=O)n6C)CC4)CC3)cc2n(C)c1=O. The minimum Gasteiger partial charge on any atom is -0.371 e. The number of rotatable bonds is 6. The maximum Gasteiger partial charge on any atom is 0.329 e. The molecule has 59 heavy (non-hydrogen) atoms. The van der Waals surface area contributed by atoms with Crippen LogP contribution >= 0.6 is 0 Å². The first-order valence-electron chi connectivity index (χ1n) is 20.8. The van der Waals surface area contributed by atoms with Gasteiger partial charge in [0, 0.05) is 77.3 Å². The predicted molar refractivity (Wildman–Crippen MR) is 227 cm³/mol. The molecule has 0 radical (unpaired) electrons. The number of imidazole rings is 1. The summed E-state index contributed by atoms with van der Waals surface area (Å²) in [5, 5.41) is 13.1. The molecule has 0 aliphatic carbocycles. The predicted octanol–water partition coefficient (Wildman–Crippen LogP) is 5.17. The highest BCUT2D eigenvalue weighted by molar-refractivity contribution is 6.00. The van der Waals surface area contributed by atoms with Gasteiger partial charge in [0.05, 0.1) is 50.9 Å². The van der Waals surface area contributed by atoms with Gasteiger partial charge in [-0.3, -0.25) is 28.8 Å². The first kappa shape index (κ1) is 38.6. The maximum atomic E-state index is 15.8. The number of carbonyl (C=O) groups is 2. The third-order valence-corrected chi connectivity index (χ3v) is 13.5. The summed E-state index contributed by atoms with van der Waals surface area (Å²) in [6.45, 7) is 7.80. The molecule has 3 aromatic carbocycles. The fraction of sp³-hybridized carbons (Fsp3) is 0.444. The maximum absolute atomic E-state index is 15.8. The highest BCUT2D eigenvalue weighted by Gasteiger charge is 2.33. The molecule has 5 aromatic rings. The van der Waals surface area contributed by atoms with E-state index in [1.54, 1.807) is 17.7 Å². The lowest BCUT2D eigenvalue weighted by atomic mass is 9.87. The average molecular weight is 800 g/mol. The highest BCUT2D eigenvalue weighted by atomic mass is 19.1. The van der Waals surface area contributed by atoms with Crippen molar-refractivity contribution >= 4 is 56.5 Å². The van der Waals surface area contributed by atoms with Crippen LogP contribution in [0.5, 0.6) is 0 Å². The van der Waals surface area contributed by atoms with Crippen molar-refractivity contribution in [3.05, 3.63) is 91.9 Å². The van der Waals surface area contributed by atoms with Gasteiger partial charge in [0.15, 0.2) is 0 Å². The summed E-state index contributed by atoms with van der Waals surface area (Å²) in [5.41, 5.74) is 7.58. The van der Waals surface area contributed by atoms with E-state index >= 15 is 4.39 Å². The van der Waals surface area contributed by atoms with Gasteiger partial charge in [-0.25, -0.2) is 9.18 Å². The number of imide groups is 1. The summed E-state index contributed by atoms with van der Waals surface area (Å²) in [6.07, 6.45) is 4.18. The Balaban J connectivity index is 0.889. The molecule has 1 atom stereocenters. The van der Waals surface area contributed by atoms with Crippen molar-refractivity contribution in [3.63, 3.8) is 0 Å². The van der Waals surface area contributed by atoms with Crippen LogP contribution < -0.4 is 31.3 Å². The lowest BCUT2D eigenvalue weighted by Gasteiger charge is -2.39. The number of piperidine rings is 3. The first-order chi connectivity index (χ1) is 28.4. The fourth-order valence-electron chi connectivity index (χ4n) is 10.1. The van der Waals surface area contributed by atoms with Gasteiger partial charge in [-0.2, -0.15) is 5.26 Å². The van der Waals surface area contributed by atoms with Crippen LogP contribution in [0.4, 0.5) is 27.1 Å². The number of halogens is 1. The molecule has 0 saturated carbocycles. The lowest BCUT2D eigenvalue weighted by Crippen LogP contribution is -2.44. The van der Waals surface area contributed by atoms with Gasteiger partial charge in [0.1, 0.15) is 11.9 Å². The summed E-state index contributed by atoms with van der Waals surface area (Å²) in [7, 11) is 5.57. The molecule has 2 amide bonds. The van der Waals surface area contributed by atoms with Crippen LogP contribution in [0.2, 0.25) is 0 Å². The van der Waals surface area contributed by atoms with E-state index < -0.39 is 23.5 Å². The Morgan fingerprint density at radius 1 is 0.763 bits per heavy atom. The van der Waals surface area contributed by atoms with E-state index in [2.05, 4.69) is 50.2 Å². The summed E-state index contributed by atoms with van der Waals surface area (Å²) >= 11 is 0. The van der Waals surface area contributed by atoms with Crippen molar-refractivity contribution in [2.45, 2.75) is 57.4 Å². The van der Waals surface area contributed by atoms with E-state index in [1.165, 1.54) is 20.8 Å². The van der Waals surface area contributed by atoms with Crippen LogP contribution in [0.3, 0.4) is 0 Å². The number of nitrogens with zero attached hydrogens (tertiary/aromatic N) is 8. The van der Waals surface area contributed by atoms with E-state index in [0.29, 0.717) is 52.8 Å². The van der Waals surface area contributed by atoms with Crippen LogP contribution in [0.1, 0.15) is 67.2 Å². The zero-order valence-corrected chi connectivity index (χ0v) is 34.1. The van der Waals surface area contributed by atoms with Crippen LogP contribution in [0.15, 0.2) is 58.1 Å². The lowest BCUT2D eigenvalue weighted by molar-refractivity contribution is -0.135. The number of hydrogen-bond donors (Lipinski definition) is 1. The van der Waals surface area contributed by atoms with Gasteiger partial charge in [-0.15, -0.1) is 0 Å². The normalized spacial score (nSPS) is 19.7. The molecule has 306 valence electrons. The van der Waals surface area contributed by atoms with E-state index in [1.807, 2.05) is 38.2 Å². The smallest absolute Gasteiger partial charge is 0.329 e. The van der Waals surface area contributed by atoms with Crippen molar-refractivity contribution in [1.29, 1.82) is 5.26 Å². The number of aromatic nitrogens is 3. The number of benzene rings is 3. The zero-order chi connectivity index (χ0) is 41.3. The Morgan fingerprint density at radius 3 is 2.25 bits per heavy atom. The summed E-state index contributed by atoms with van der Waals surface area (Å²) in [5.74, 6) is -0.522. The molecule has 4 aliphatic heterocycles. The fourth-order valence-corrected chi connectivity index (χ4v) is 10.1. The van der Waals surface area contributed by atoms with E-state index in [0.717, 1.165) is 86.4 Å². The Bertz CT molecular complexity index is 2690. The molecule has 2 aromatic heterocycles. The standard InChI is InChI=1S/C45H50FN9O4/c1-27-19-32-36(50(3)44(27)58)21-31(22-37(32)54-18-17-49(2)34-6-5-29(25-47)20-40(34)54)30-11-13-52(14-12-30)26-28-9-15-53(16-10-28)38-24-39-41(23-33(38)46)55(45(59)51(39)4)35-7-8-42(56)48-43(35)57/h5-6,19-24,28,30,35H,7-18,26H2,1-4H3,(H,48,56,57). The van der Waals surface area contributed by atoms with Crippen molar-refractivity contribution in [3.8, 4) is 6.07 Å². The monoisotopic (exact) mass is 799 g/mol. The number of amides is 2. The summed E-state index contributed by atoms with van der Waals surface area (Å²) < 4.78 is 20.4. The molecule has 1 unspecified atom stereocenters. The Labute approximate surface area is 341 Å². The number of anilines is 4. The van der Waals surface area contributed by atoms with Crippen molar-refractivity contribution in [1.82, 2.24) is 23.9 Å². The van der Waals surface area contributed by atoms with Gasteiger partial charge < -0.3 is 24.2 Å². The number of nitrogens with one attached hydrogen (secondary N) is 1. The quantitative estimate of drug-likeness (QED) is 0.231. The van der Waals surface area contributed by atoms with E-state index in [-0.39, 0.29) is 24.3 Å². The molecular formula is C45H50FN9O4. The highest BCUT2D eigenvalue weighted by Crippen LogP contribution is 2.43. The summed E-state index contributed by atoms with van der Waals surface area (Å²) in [6, 6.07) is 17.0. The second kappa shape index (κ2) is 15.0. The Kier molecular flexibility index (Phi) is 9.82. The average Bonchev–Trinajstić information content (AvgIpc) is 3.47. The number of likely N-dealkylation sites (N-methyl/N-ethyl adjacent to an activating group) is 1. The van der Waals surface area contributed by atoms with Crippen molar-refractivity contribution in [2.24, 2.45) is 20.0 Å². The zero-order valence-electron chi connectivity index (χ0n) is 34.1. The number of fused-ring (bicyclic) bond motifs is 3. The van der Waals surface area contributed by atoms with Gasteiger partial charge in [0.25, 0.3) is 5.56 Å². The first-order valence-corrected chi connectivity index (χ1v) is 20.8. The van der Waals surface area contributed by atoms with Crippen LogP contribution in [0, 0.1) is 30.0 Å². The molecule has 0 spiro atoms. The molecule has 0 bridgehead atoms. The van der Waals surface area contributed by atoms with Gasteiger partial charge in [-0.05, 0) is 112 Å². The van der Waals surface area contributed by atoms with Crippen LogP contribution in [-0.4, -0.2) is 83.3 Å². The van der Waals surface area contributed by atoms with Crippen molar-refractivity contribution in [2.75, 3.05) is 67.6 Å². The molecule has 9 rings (SSSR count). The van der Waals surface area contributed by atoms with E-state index in [4.69, 9.17) is 0 Å². The van der Waals surface area contributed by atoms with Gasteiger partial charge in [0.2, 0.25) is 11.8 Å². The molecule has 13 nitrogen and oxygen atoms in total. The Morgan fingerprint density at radius 2 is 1.53 bits per heavy atom. The largest absolute Gasteiger partial charge is 0.371 e. The van der Waals surface area contributed by atoms with Crippen molar-refractivity contribution < 1.29 is 14.0 Å². The number of pyridine rings is 1. The number of aryl methyl sites for hydroxylation is 3. The number of likely N-dealkylation sites (tertiary alicyclic amines) is 1. The second-order valence-electron chi connectivity index (χ2n) is 17.0. The second-order valence-corrected chi connectivity index (χ2v) is 17.0. The Hall–Kier alpha value is -5.94. The number of carbonyl (C=O) groups excluding carboxylic acids is 2. The molecule has 1 N–H and O–H groups in total. The minimum absolute atomic E-state index is 0.00443. The molecule has 3 fully saturated rings. The van der Waals surface area contributed by atoms with Crippen LogP contribution in [-0.2, 0) is 23.7 Å². The third kappa shape index (κ3) is 6.75. The van der Waals surface area contributed by atoms with Crippen LogP contribution in [0.25, 0.3) is 21.9 Å². The molecule has 4 aliphatic rings.